The summed E-state index contributed by atoms with van der Waals surface area (Å²) in [4.78, 5) is 32.7. The van der Waals surface area contributed by atoms with E-state index in [0.717, 1.165) is 16.8 Å². The summed E-state index contributed by atoms with van der Waals surface area (Å²) in [5, 5.41) is 15.8. The van der Waals surface area contributed by atoms with Gasteiger partial charge in [0, 0.05) is 25.2 Å². The molecule has 1 aliphatic rings. The van der Waals surface area contributed by atoms with Crippen molar-refractivity contribution in [2.24, 2.45) is 0 Å². The Bertz CT molecular complexity index is 1290. The van der Waals surface area contributed by atoms with E-state index in [1.807, 2.05) is 35.2 Å². The predicted octanol–water partition coefficient (Wildman–Crippen LogP) is 2.58. The Morgan fingerprint density at radius 1 is 1.10 bits per heavy atom. The molecule has 3 heterocycles. The molecule has 0 atom stereocenters. The first-order valence-corrected chi connectivity index (χ1v) is 9.15. The summed E-state index contributed by atoms with van der Waals surface area (Å²) in [5.74, 6) is 0.428. The van der Waals surface area contributed by atoms with Gasteiger partial charge < -0.3 is 4.90 Å². The standard InChI is InChI=1S/C20H16N6O3/c27-19-17-11-21-25(15-4-2-1-3-5-15)18(17)22-20(23-19)24-9-8-13-6-7-16(26(28)29)10-14(13)12-24/h1-7,10-11H,8-9,12H2,(H,22,23,27). The van der Waals surface area contributed by atoms with E-state index in [9.17, 15) is 14.9 Å². The number of non-ortho nitro benzene ring substituents is 1. The van der Waals surface area contributed by atoms with Gasteiger partial charge in [-0.25, -0.2) is 4.68 Å². The quantitative estimate of drug-likeness (QED) is 0.427. The van der Waals surface area contributed by atoms with Gasteiger partial charge in [-0.3, -0.25) is 19.9 Å². The van der Waals surface area contributed by atoms with Gasteiger partial charge in [-0.15, -0.1) is 0 Å². The lowest BCUT2D eigenvalue weighted by Gasteiger charge is -2.29. The molecule has 9 nitrogen and oxygen atoms in total. The molecule has 0 unspecified atom stereocenters. The molecule has 1 aliphatic heterocycles. The average molecular weight is 388 g/mol. The van der Waals surface area contributed by atoms with Crippen LogP contribution in [0.2, 0.25) is 0 Å². The maximum Gasteiger partial charge on any atom is 0.269 e. The zero-order chi connectivity index (χ0) is 20.0. The van der Waals surface area contributed by atoms with Crippen LogP contribution < -0.4 is 10.5 Å². The number of anilines is 1. The van der Waals surface area contributed by atoms with Crippen LogP contribution in [0.4, 0.5) is 11.6 Å². The minimum atomic E-state index is -0.399. The number of benzene rings is 2. The van der Waals surface area contributed by atoms with Gasteiger partial charge in [0.15, 0.2) is 5.65 Å². The number of para-hydroxylation sites is 1. The summed E-state index contributed by atoms with van der Waals surface area (Å²) < 4.78 is 1.64. The highest BCUT2D eigenvalue weighted by Crippen LogP contribution is 2.26. The molecule has 0 amide bonds. The lowest BCUT2D eigenvalue weighted by atomic mass is 9.99. The van der Waals surface area contributed by atoms with Gasteiger partial charge in [-0.2, -0.15) is 10.1 Å². The number of aromatic nitrogens is 4. The van der Waals surface area contributed by atoms with Crippen LogP contribution in [0.25, 0.3) is 16.7 Å². The summed E-state index contributed by atoms with van der Waals surface area (Å²) >= 11 is 0. The van der Waals surface area contributed by atoms with Gasteiger partial charge >= 0.3 is 0 Å². The molecule has 0 saturated heterocycles. The van der Waals surface area contributed by atoms with Crippen LogP contribution in [0.3, 0.4) is 0 Å². The Kier molecular flexibility index (Phi) is 3.87. The second kappa shape index (κ2) is 6.55. The lowest BCUT2D eigenvalue weighted by Crippen LogP contribution is -2.33. The minimum Gasteiger partial charge on any atom is -0.338 e. The molecule has 2 aromatic carbocycles. The predicted molar refractivity (Wildman–Crippen MR) is 107 cm³/mol. The first-order valence-electron chi connectivity index (χ1n) is 9.15. The van der Waals surface area contributed by atoms with Crippen molar-refractivity contribution in [2.45, 2.75) is 13.0 Å². The van der Waals surface area contributed by atoms with Crippen LogP contribution in [0.15, 0.2) is 59.5 Å². The molecule has 0 bridgehead atoms. The zero-order valence-electron chi connectivity index (χ0n) is 15.3. The molecule has 0 spiro atoms. The normalized spacial score (nSPS) is 13.4. The third kappa shape index (κ3) is 2.92. The molecule has 1 N–H and O–H groups in total. The van der Waals surface area contributed by atoms with Crippen LogP contribution >= 0.6 is 0 Å². The molecule has 0 fully saturated rings. The Hall–Kier alpha value is -4.01. The molecular weight excluding hydrogens is 372 g/mol. The third-order valence-electron chi connectivity index (χ3n) is 5.14. The second-order valence-electron chi connectivity index (χ2n) is 6.90. The fourth-order valence-corrected chi connectivity index (χ4v) is 3.65. The van der Waals surface area contributed by atoms with Gasteiger partial charge in [0.1, 0.15) is 5.39 Å². The Morgan fingerprint density at radius 3 is 2.72 bits per heavy atom. The van der Waals surface area contributed by atoms with Gasteiger partial charge in [-0.05, 0) is 29.7 Å². The van der Waals surface area contributed by atoms with Crippen molar-refractivity contribution < 1.29 is 4.92 Å². The summed E-state index contributed by atoms with van der Waals surface area (Å²) in [6.45, 7) is 1.09. The largest absolute Gasteiger partial charge is 0.338 e. The van der Waals surface area contributed by atoms with Gasteiger partial charge in [0.05, 0.1) is 16.8 Å². The molecule has 0 radical (unpaired) electrons. The van der Waals surface area contributed by atoms with Crippen LogP contribution in [-0.2, 0) is 13.0 Å². The first kappa shape index (κ1) is 17.1. The summed E-state index contributed by atoms with van der Waals surface area (Å²) in [6.07, 6.45) is 2.22. The SMILES string of the molecule is O=c1[nH]c(N2CCc3ccc([N+](=O)[O-])cc3C2)nc2c1cnn2-c1ccccc1. The number of rotatable bonds is 3. The van der Waals surface area contributed by atoms with Gasteiger partial charge in [-0.1, -0.05) is 24.3 Å². The van der Waals surface area contributed by atoms with Gasteiger partial charge in [0.25, 0.3) is 11.2 Å². The molecular formula is C20H16N6O3. The average Bonchev–Trinajstić information content (AvgIpc) is 3.18. The number of aromatic amines is 1. The summed E-state index contributed by atoms with van der Waals surface area (Å²) in [7, 11) is 0. The van der Waals surface area contributed by atoms with Crippen molar-refractivity contribution in [2.75, 3.05) is 11.4 Å². The summed E-state index contributed by atoms with van der Waals surface area (Å²) in [5.41, 5.74) is 3.02. The molecule has 29 heavy (non-hydrogen) atoms. The van der Waals surface area contributed by atoms with Crippen molar-refractivity contribution in [3.63, 3.8) is 0 Å². The van der Waals surface area contributed by atoms with Crippen LogP contribution in [0, 0.1) is 10.1 Å². The van der Waals surface area contributed by atoms with Crippen LogP contribution in [-0.4, -0.2) is 31.2 Å². The molecule has 2 aromatic heterocycles. The number of H-pyrrole nitrogens is 1. The molecule has 5 rings (SSSR count). The minimum absolute atomic E-state index is 0.0599. The van der Waals surface area contributed by atoms with E-state index < -0.39 is 4.92 Å². The molecule has 4 aromatic rings. The van der Waals surface area contributed by atoms with E-state index in [4.69, 9.17) is 0 Å². The third-order valence-corrected chi connectivity index (χ3v) is 5.14. The molecule has 0 aliphatic carbocycles. The van der Waals surface area contributed by atoms with E-state index in [0.29, 0.717) is 36.5 Å². The highest BCUT2D eigenvalue weighted by atomic mass is 16.6. The second-order valence-corrected chi connectivity index (χ2v) is 6.90. The van der Waals surface area contributed by atoms with E-state index in [1.165, 1.54) is 12.3 Å². The highest BCUT2D eigenvalue weighted by molar-refractivity contribution is 5.76. The maximum absolute atomic E-state index is 12.6. The van der Waals surface area contributed by atoms with E-state index in [-0.39, 0.29) is 11.2 Å². The number of nitro groups is 1. The smallest absolute Gasteiger partial charge is 0.269 e. The van der Waals surface area contributed by atoms with E-state index in [2.05, 4.69) is 15.1 Å². The Morgan fingerprint density at radius 2 is 1.93 bits per heavy atom. The fraction of sp³-hybridized carbons (Fsp3) is 0.150. The number of nitrogens with zero attached hydrogens (tertiary/aromatic N) is 5. The first-order chi connectivity index (χ1) is 14.1. The monoisotopic (exact) mass is 388 g/mol. The van der Waals surface area contributed by atoms with E-state index in [1.54, 1.807) is 16.8 Å². The van der Waals surface area contributed by atoms with E-state index >= 15 is 0 Å². The summed E-state index contributed by atoms with van der Waals surface area (Å²) in [6, 6.07) is 14.4. The van der Waals surface area contributed by atoms with Crippen molar-refractivity contribution in [1.82, 2.24) is 19.7 Å². The van der Waals surface area contributed by atoms with Crippen molar-refractivity contribution >= 4 is 22.7 Å². The number of nitro benzene ring substituents is 1. The van der Waals surface area contributed by atoms with Gasteiger partial charge in [0.2, 0.25) is 5.95 Å². The van der Waals surface area contributed by atoms with Crippen LogP contribution in [0.1, 0.15) is 11.1 Å². The number of nitrogens with one attached hydrogen (secondary N) is 1. The zero-order valence-corrected chi connectivity index (χ0v) is 15.3. The maximum atomic E-state index is 12.6. The lowest BCUT2D eigenvalue weighted by molar-refractivity contribution is -0.384. The molecule has 0 saturated carbocycles. The van der Waals surface area contributed by atoms with Crippen LogP contribution in [0.5, 0.6) is 0 Å². The number of hydrogen-bond acceptors (Lipinski definition) is 6. The molecule has 9 heteroatoms. The highest BCUT2D eigenvalue weighted by Gasteiger charge is 2.22. The fourth-order valence-electron chi connectivity index (χ4n) is 3.65. The van der Waals surface area contributed by atoms with Crippen molar-refractivity contribution in [3.8, 4) is 5.69 Å². The Balaban J connectivity index is 1.57. The molecule has 144 valence electrons. The number of fused-ring (bicyclic) bond motifs is 2. The topological polar surface area (TPSA) is 110 Å². The van der Waals surface area contributed by atoms with Crippen molar-refractivity contribution in [3.05, 3.63) is 86.3 Å². The van der Waals surface area contributed by atoms with Crippen molar-refractivity contribution in [1.29, 1.82) is 0 Å². The number of hydrogen-bond donors (Lipinski definition) is 1. The Labute approximate surface area is 164 Å².